The van der Waals surface area contributed by atoms with Crippen LogP contribution >= 0.6 is 11.8 Å². The Labute approximate surface area is 221 Å². The summed E-state index contributed by atoms with van der Waals surface area (Å²) in [4.78, 5) is 4.87. The first-order chi connectivity index (χ1) is 18.6. The first kappa shape index (κ1) is 24.6. The van der Waals surface area contributed by atoms with Crippen LogP contribution in [0, 0.1) is 17.5 Å². The summed E-state index contributed by atoms with van der Waals surface area (Å²) in [6, 6.07) is 21.1. The van der Waals surface area contributed by atoms with Crippen LogP contribution in [-0.2, 0) is 17.0 Å². The van der Waals surface area contributed by atoms with Gasteiger partial charge in [-0.15, -0.1) is 10.2 Å². The van der Waals surface area contributed by atoms with Gasteiger partial charge in [-0.2, -0.15) is 0 Å². The molecule has 1 atom stereocenters. The van der Waals surface area contributed by atoms with Gasteiger partial charge in [0.25, 0.3) is 0 Å². The van der Waals surface area contributed by atoms with Crippen LogP contribution in [0.5, 0.6) is 0 Å². The molecule has 3 heterocycles. The molecule has 2 aromatic heterocycles. The van der Waals surface area contributed by atoms with Gasteiger partial charge in [-0.3, -0.25) is 4.57 Å². The zero-order chi connectivity index (χ0) is 26.1. The van der Waals surface area contributed by atoms with E-state index < -0.39 is 17.5 Å². The van der Waals surface area contributed by atoms with Crippen molar-refractivity contribution >= 4 is 22.7 Å². The zero-order valence-corrected chi connectivity index (χ0v) is 21.1. The van der Waals surface area contributed by atoms with Crippen LogP contribution < -0.4 is 0 Å². The number of halogens is 3. The first-order valence-electron chi connectivity index (χ1n) is 12.3. The second kappa shape index (κ2) is 10.6. The summed E-state index contributed by atoms with van der Waals surface area (Å²) in [6.45, 7) is 1.18. The van der Waals surface area contributed by atoms with E-state index in [1.165, 1.54) is 0 Å². The van der Waals surface area contributed by atoms with E-state index in [0.29, 0.717) is 36.3 Å². The van der Waals surface area contributed by atoms with Crippen LogP contribution in [0.25, 0.3) is 33.5 Å². The predicted molar refractivity (Wildman–Crippen MR) is 141 cm³/mol. The first-order valence-corrected chi connectivity index (χ1v) is 13.3. The summed E-state index contributed by atoms with van der Waals surface area (Å²) in [5.74, 6) is -2.23. The maximum absolute atomic E-state index is 14.3. The van der Waals surface area contributed by atoms with Gasteiger partial charge in [0.1, 0.15) is 17.5 Å². The van der Waals surface area contributed by atoms with E-state index in [0.717, 1.165) is 52.3 Å². The Bertz CT molecular complexity index is 1580. The molecule has 0 aliphatic carbocycles. The van der Waals surface area contributed by atoms with Crippen LogP contribution in [0.15, 0.2) is 78.0 Å². The number of thioether (sulfide) groups is 1. The molecule has 0 saturated carbocycles. The van der Waals surface area contributed by atoms with Crippen molar-refractivity contribution in [2.24, 2.45) is 0 Å². The topological polar surface area (TPSA) is 52.8 Å². The minimum Gasteiger partial charge on any atom is -0.376 e. The van der Waals surface area contributed by atoms with Gasteiger partial charge in [0, 0.05) is 46.6 Å². The molecule has 3 aromatic carbocycles. The highest BCUT2D eigenvalue weighted by Crippen LogP contribution is 2.35. The van der Waals surface area contributed by atoms with Crippen molar-refractivity contribution in [3.8, 4) is 22.6 Å². The molecule has 5 aromatic rings. The van der Waals surface area contributed by atoms with Gasteiger partial charge in [-0.05, 0) is 25.0 Å². The van der Waals surface area contributed by atoms with Gasteiger partial charge in [0.2, 0.25) is 0 Å². The molecule has 38 heavy (non-hydrogen) atoms. The fourth-order valence-electron chi connectivity index (χ4n) is 4.72. The molecule has 0 bridgehead atoms. The van der Waals surface area contributed by atoms with Crippen LogP contribution in [0.2, 0.25) is 0 Å². The standard InChI is InChI=1S/C29H23F3N4OS/c30-19-13-24(31)23(25(32)14-19)17-38-29-35-34-28(36(29)16-20-9-6-12-37-20)22-15-27(18-7-2-1-3-8-18)33-26-11-5-4-10-21(22)26/h1-5,7-8,10-11,13-15,20H,6,9,12,16-17H2/t20-/m1/s1. The summed E-state index contributed by atoms with van der Waals surface area (Å²) in [5, 5.41) is 10.4. The number of fused-ring (bicyclic) bond motifs is 1. The fraction of sp³-hybridized carbons (Fsp3) is 0.207. The molecule has 1 aliphatic heterocycles. The highest BCUT2D eigenvalue weighted by molar-refractivity contribution is 7.98. The molecule has 0 radical (unpaired) electrons. The van der Waals surface area contributed by atoms with Gasteiger partial charge in [0.05, 0.1) is 23.9 Å². The lowest BCUT2D eigenvalue weighted by Crippen LogP contribution is -2.17. The predicted octanol–water partition coefficient (Wildman–Crippen LogP) is 7.05. The third-order valence-electron chi connectivity index (χ3n) is 6.61. The van der Waals surface area contributed by atoms with E-state index in [1.807, 2.05) is 65.2 Å². The molecule has 0 unspecified atom stereocenters. The normalized spacial score (nSPS) is 15.4. The lowest BCUT2D eigenvalue weighted by Gasteiger charge is -2.16. The zero-order valence-electron chi connectivity index (χ0n) is 20.3. The Kier molecular flexibility index (Phi) is 6.86. The minimum atomic E-state index is -0.948. The van der Waals surface area contributed by atoms with E-state index in [1.54, 1.807) is 0 Å². The third kappa shape index (κ3) is 4.91. The quantitative estimate of drug-likeness (QED) is 0.210. The molecule has 1 aliphatic rings. The van der Waals surface area contributed by atoms with Gasteiger partial charge in [-0.1, -0.05) is 60.3 Å². The lowest BCUT2D eigenvalue weighted by molar-refractivity contribution is 0.0953. The van der Waals surface area contributed by atoms with Gasteiger partial charge >= 0.3 is 0 Å². The number of para-hydroxylation sites is 1. The number of aromatic nitrogens is 4. The van der Waals surface area contributed by atoms with E-state index in [2.05, 4.69) is 10.2 Å². The van der Waals surface area contributed by atoms with Crippen molar-refractivity contribution in [1.29, 1.82) is 0 Å². The van der Waals surface area contributed by atoms with E-state index in [-0.39, 0.29) is 17.4 Å². The summed E-state index contributed by atoms with van der Waals surface area (Å²) < 4.78 is 49.9. The molecule has 1 saturated heterocycles. The Balaban J connectivity index is 1.45. The maximum Gasteiger partial charge on any atom is 0.191 e. The van der Waals surface area contributed by atoms with Crippen molar-refractivity contribution in [2.45, 2.75) is 36.4 Å². The highest BCUT2D eigenvalue weighted by Gasteiger charge is 2.24. The van der Waals surface area contributed by atoms with E-state index in [4.69, 9.17) is 9.72 Å². The average Bonchev–Trinajstić information content (AvgIpc) is 3.58. The van der Waals surface area contributed by atoms with E-state index >= 15 is 0 Å². The van der Waals surface area contributed by atoms with E-state index in [9.17, 15) is 13.2 Å². The summed E-state index contributed by atoms with van der Waals surface area (Å²) in [6.07, 6.45) is 1.84. The van der Waals surface area contributed by atoms with Gasteiger partial charge < -0.3 is 4.74 Å². The second-order valence-electron chi connectivity index (χ2n) is 9.13. The SMILES string of the molecule is Fc1cc(F)c(CSc2nnc(-c3cc(-c4ccccc4)nc4ccccc34)n2C[C@H]2CCCO2)c(F)c1. The molecule has 1 fully saturated rings. The maximum atomic E-state index is 14.3. The molecular formula is C29H23F3N4OS. The highest BCUT2D eigenvalue weighted by atomic mass is 32.2. The number of rotatable bonds is 7. The van der Waals surface area contributed by atoms with Crippen LogP contribution in [0.3, 0.4) is 0 Å². The van der Waals surface area contributed by atoms with Crippen LogP contribution in [0.4, 0.5) is 13.2 Å². The van der Waals surface area contributed by atoms with Crippen molar-refractivity contribution < 1.29 is 17.9 Å². The molecule has 0 N–H and O–H groups in total. The Morgan fingerprint density at radius 1 is 0.921 bits per heavy atom. The van der Waals surface area contributed by atoms with Crippen LogP contribution in [0.1, 0.15) is 18.4 Å². The molecule has 6 rings (SSSR count). The fourth-order valence-corrected chi connectivity index (χ4v) is 5.68. The number of hydrogen-bond donors (Lipinski definition) is 0. The number of hydrogen-bond acceptors (Lipinski definition) is 5. The summed E-state index contributed by atoms with van der Waals surface area (Å²) >= 11 is 1.15. The third-order valence-corrected chi connectivity index (χ3v) is 7.60. The molecule has 192 valence electrons. The Hall–Kier alpha value is -3.69. The molecule has 0 amide bonds. The van der Waals surface area contributed by atoms with Crippen molar-refractivity contribution in [1.82, 2.24) is 19.7 Å². The lowest BCUT2D eigenvalue weighted by atomic mass is 10.0. The second-order valence-corrected chi connectivity index (χ2v) is 10.1. The average molecular weight is 533 g/mol. The van der Waals surface area contributed by atoms with Crippen molar-refractivity contribution in [3.05, 3.63) is 95.8 Å². The number of nitrogens with zero attached hydrogens (tertiary/aromatic N) is 4. The van der Waals surface area contributed by atoms with Gasteiger partial charge in [0.15, 0.2) is 11.0 Å². The minimum absolute atomic E-state index is 0.0231. The summed E-state index contributed by atoms with van der Waals surface area (Å²) in [7, 11) is 0. The Morgan fingerprint density at radius 3 is 2.45 bits per heavy atom. The molecular weight excluding hydrogens is 509 g/mol. The smallest absolute Gasteiger partial charge is 0.191 e. The van der Waals surface area contributed by atoms with Crippen LogP contribution in [-0.4, -0.2) is 32.5 Å². The molecule has 0 spiro atoms. The number of ether oxygens (including phenoxy) is 1. The number of pyridine rings is 1. The Morgan fingerprint density at radius 2 is 1.68 bits per heavy atom. The monoisotopic (exact) mass is 532 g/mol. The van der Waals surface area contributed by atoms with Crippen molar-refractivity contribution in [2.75, 3.05) is 6.61 Å². The summed E-state index contributed by atoms with van der Waals surface area (Å²) in [5.41, 5.74) is 3.24. The van der Waals surface area contributed by atoms with Gasteiger partial charge in [-0.25, -0.2) is 18.2 Å². The number of benzene rings is 3. The molecule has 9 heteroatoms. The molecule has 5 nitrogen and oxygen atoms in total. The van der Waals surface area contributed by atoms with Crippen molar-refractivity contribution in [3.63, 3.8) is 0 Å². The largest absolute Gasteiger partial charge is 0.376 e.